The highest BCUT2D eigenvalue weighted by molar-refractivity contribution is 7.89. The second kappa shape index (κ2) is 6.62. The van der Waals surface area contributed by atoms with Crippen LogP contribution in [-0.4, -0.2) is 25.5 Å². The molecular formula is C13H16FNO4S. The zero-order valence-corrected chi connectivity index (χ0v) is 11.9. The van der Waals surface area contributed by atoms with Gasteiger partial charge in [-0.1, -0.05) is 13.0 Å². The highest BCUT2D eigenvalue weighted by Gasteiger charge is 2.20. The van der Waals surface area contributed by atoms with Crippen LogP contribution >= 0.6 is 0 Å². The van der Waals surface area contributed by atoms with E-state index in [1.807, 2.05) is 6.92 Å². The minimum atomic E-state index is -3.92. The molecule has 1 unspecified atom stereocenters. The number of carboxylic acids is 1. The Hall–Kier alpha value is -1.73. The lowest BCUT2D eigenvalue weighted by molar-refractivity contribution is -0.131. The highest BCUT2D eigenvalue weighted by atomic mass is 32.2. The smallest absolute Gasteiger partial charge is 0.328 e. The van der Waals surface area contributed by atoms with Crippen LogP contribution in [-0.2, 0) is 14.8 Å². The summed E-state index contributed by atoms with van der Waals surface area (Å²) in [5.41, 5.74) is 0.271. The first-order valence-corrected chi connectivity index (χ1v) is 7.47. The fourth-order valence-corrected chi connectivity index (χ4v) is 2.80. The van der Waals surface area contributed by atoms with E-state index in [2.05, 4.69) is 4.72 Å². The molecule has 1 rings (SSSR count). The van der Waals surface area contributed by atoms with Crippen LogP contribution in [0.25, 0.3) is 6.08 Å². The Bertz CT molecular complexity index is 625. The lowest BCUT2D eigenvalue weighted by atomic mass is 10.2. The van der Waals surface area contributed by atoms with E-state index in [4.69, 9.17) is 5.11 Å². The lowest BCUT2D eigenvalue weighted by Gasteiger charge is -2.12. The molecule has 0 aliphatic rings. The molecule has 0 fully saturated rings. The molecule has 7 heteroatoms. The molecule has 0 aromatic heterocycles. The number of benzene rings is 1. The van der Waals surface area contributed by atoms with E-state index in [0.29, 0.717) is 6.42 Å². The van der Waals surface area contributed by atoms with Gasteiger partial charge in [0.25, 0.3) is 0 Å². The molecule has 0 heterocycles. The summed E-state index contributed by atoms with van der Waals surface area (Å²) in [6.07, 6.45) is 2.62. The molecular weight excluding hydrogens is 285 g/mol. The van der Waals surface area contributed by atoms with Gasteiger partial charge >= 0.3 is 5.97 Å². The third kappa shape index (κ3) is 4.43. The number of sulfonamides is 1. The molecule has 2 N–H and O–H groups in total. The van der Waals surface area contributed by atoms with Crippen molar-refractivity contribution in [3.05, 3.63) is 35.7 Å². The number of carbonyl (C=O) groups is 1. The number of aliphatic carboxylic acids is 1. The van der Waals surface area contributed by atoms with Gasteiger partial charge in [0.15, 0.2) is 0 Å². The number of nitrogens with one attached hydrogen (secondary N) is 1. The maximum Gasteiger partial charge on any atom is 0.328 e. The summed E-state index contributed by atoms with van der Waals surface area (Å²) in [7, 11) is -3.92. The summed E-state index contributed by atoms with van der Waals surface area (Å²) >= 11 is 0. The molecule has 0 saturated carbocycles. The average molecular weight is 301 g/mol. The normalized spacial score (nSPS) is 13.6. The van der Waals surface area contributed by atoms with Crippen LogP contribution in [0.4, 0.5) is 4.39 Å². The molecule has 110 valence electrons. The summed E-state index contributed by atoms with van der Waals surface area (Å²) in [6, 6.07) is 3.13. The van der Waals surface area contributed by atoms with Gasteiger partial charge in [0, 0.05) is 12.1 Å². The van der Waals surface area contributed by atoms with Crippen LogP contribution in [0.2, 0.25) is 0 Å². The molecule has 0 saturated heterocycles. The van der Waals surface area contributed by atoms with Gasteiger partial charge in [-0.3, -0.25) is 0 Å². The predicted molar refractivity (Wildman–Crippen MR) is 73.1 cm³/mol. The van der Waals surface area contributed by atoms with Crippen LogP contribution in [0.1, 0.15) is 25.8 Å². The Kier molecular flexibility index (Phi) is 5.41. The molecule has 0 aliphatic carbocycles. The van der Waals surface area contributed by atoms with Crippen LogP contribution in [0.15, 0.2) is 29.2 Å². The molecule has 5 nitrogen and oxygen atoms in total. The number of hydrogen-bond acceptors (Lipinski definition) is 3. The average Bonchev–Trinajstić information content (AvgIpc) is 2.35. The Morgan fingerprint density at radius 2 is 2.15 bits per heavy atom. The van der Waals surface area contributed by atoms with Crippen molar-refractivity contribution in [1.82, 2.24) is 4.72 Å². The van der Waals surface area contributed by atoms with Crippen molar-refractivity contribution < 1.29 is 22.7 Å². The highest BCUT2D eigenvalue weighted by Crippen LogP contribution is 2.17. The number of rotatable bonds is 6. The van der Waals surface area contributed by atoms with Crippen molar-refractivity contribution >= 4 is 22.1 Å². The fourth-order valence-electron chi connectivity index (χ4n) is 1.42. The van der Waals surface area contributed by atoms with Crippen LogP contribution < -0.4 is 4.72 Å². The fraction of sp³-hybridized carbons (Fsp3) is 0.308. The number of halogens is 1. The van der Waals surface area contributed by atoms with Gasteiger partial charge in [-0.15, -0.1) is 0 Å². The topological polar surface area (TPSA) is 83.5 Å². The van der Waals surface area contributed by atoms with Crippen molar-refractivity contribution in [2.75, 3.05) is 0 Å². The summed E-state index contributed by atoms with van der Waals surface area (Å²) < 4.78 is 40.0. The van der Waals surface area contributed by atoms with Crippen molar-refractivity contribution in [3.8, 4) is 0 Å². The molecule has 0 aliphatic heterocycles. The standard InChI is InChI=1S/C13H16FNO4S/c1-3-9(2)15-20(18,19)12-6-4-10(8-11(12)14)5-7-13(16)17/h4-9,15H,3H2,1-2H3,(H,16,17)/b7-5+. The Labute approximate surface area is 117 Å². The SMILES string of the molecule is CCC(C)NS(=O)(=O)c1ccc(/C=C/C(=O)O)cc1F. The minimum Gasteiger partial charge on any atom is -0.478 e. The molecule has 1 aromatic rings. The Balaban J connectivity index is 3.07. The quantitative estimate of drug-likeness (QED) is 0.787. The van der Waals surface area contributed by atoms with E-state index < -0.39 is 26.7 Å². The lowest BCUT2D eigenvalue weighted by Crippen LogP contribution is -2.32. The van der Waals surface area contributed by atoms with Gasteiger partial charge < -0.3 is 5.11 Å². The zero-order valence-electron chi connectivity index (χ0n) is 11.1. The van der Waals surface area contributed by atoms with Gasteiger partial charge in [0.2, 0.25) is 10.0 Å². The first-order valence-electron chi connectivity index (χ1n) is 5.99. The van der Waals surface area contributed by atoms with Crippen molar-refractivity contribution in [1.29, 1.82) is 0 Å². The maximum atomic E-state index is 13.8. The molecule has 20 heavy (non-hydrogen) atoms. The minimum absolute atomic E-state index is 0.271. The molecule has 0 radical (unpaired) electrons. The number of carboxylic acid groups (broad SMARTS) is 1. The van der Waals surface area contributed by atoms with Gasteiger partial charge in [-0.2, -0.15) is 0 Å². The first kappa shape index (κ1) is 16.3. The third-order valence-corrected chi connectivity index (χ3v) is 4.26. The zero-order chi connectivity index (χ0) is 15.3. The van der Waals surface area contributed by atoms with Gasteiger partial charge in [-0.25, -0.2) is 22.3 Å². The summed E-state index contributed by atoms with van der Waals surface area (Å²) in [4.78, 5) is 9.90. The van der Waals surface area contributed by atoms with Gasteiger partial charge in [0.1, 0.15) is 10.7 Å². The summed E-state index contributed by atoms with van der Waals surface area (Å²) in [5, 5.41) is 8.47. The first-order chi connectivity index (χ1) is 9.26. The monoisotopic (exact) mass is 301 g/mol. The van der Waals surface area contributed by atoms with Gasteiger partial charge in [-0.05, 0) is 37.1 Å². The Morgan fingerprint density at radius 3 is 2.65 bits per heavy atom. The number of hydrogen-bond donors (Lipinski definition) is 2. The summed E-state index contributed by atoms with van der Waals surface area (Å²) in [5.74, 6) is -2.09. The van der Waals surface area contributed by atoms with Crippen LogP contribution in [0, 0.1) is 5.82 Å². The van der Waals surface area contributed by atoms with Gasteiger partial charge in [0.05, 0.1) is 0 Å². The van der Waals surface area contributed by atoms with Crippen molar-refractivity contribution in [2.24, 2.45) is 0 Å². The summed E-state index contributed by atoms with van der Waals surface area (Å²) in [6.45, 7) is 3.49. The Morgan fingerprint density at radius 1 is 1.50 bits per heavy atom. The van der Waals surface area contributed by atoms with E-state index in [1.165, 1.54) is 12.1 Å². The predicted octanol–water partition coefficient (Wildman–Crippen LogP) is 2.00. The van der Waals surface area contributed by atoms with E-state index in [-0.39, 0.29) is 11.6 Å². The maximum absolute atomic E-state index is 13.8. The molecule has 1 atom stereocenters. The van der Waals surface area contributed by atoms with E-state index in [0.717, 1.165) is 18.2 Å². The van der Waals surface area contributed by atoms with E-state index >= 15 is 0 Å². The van der Waals surface area contributed by atoms with Crippen molar-refractivity contribution in [2.45, 2.75) is 31.2 Å². The molecule has 0 spiro atoms. The third-order valence-electron chi connectivity index (χ3n) is 2.63. The molecule has 0 amide bonds. The molecule has 0 bridgehead atoms. The van der Waals surface area contributed by atoms with E-state index in [9.17, 15) is 17.6 Å². The van der Waals surface area contributed by atoms with Crippen molar-refractivity contribution in [3.63, 3.8) is 0 Å². The van der Waals surface area contributed by atoms with Crippen LogP contribution in [0.3, 0.4) is 0 Å². The molecule has 1 aromatic carbocycles. The second-order valence-electron chi connectivity index (χ2n) is 4.29. The largest absolute Gasteiger partial charge is 0.478 e. The van der Waals surface area contributed by atoms with Crippen LogP contribution in [0.5, 0.6) is 0 Å². The second-order valence-corrected chi connectivity index (χ2v) is 5.97. The van der Waals surface area contributed by atoms with E-state index in [1.54, 1.807) is 6.92 Å².